The van der Waals surface area contributed by atoms with E-state index in [2.05, 4.69) is 0 Å². The molecule has 100 valence electrons. The Bertz CT molecular complexity index is 863. The average Bonchev–Trinajstić information content (AvgIpc) is 2.45. The highest BCUT2D eigenvalue weighted by molar-refractivity contribution is 5.93. The van der Waals surface area contributed by atoms with Crippen molar-refractivity contribution in [3.8, 4) is 5.75 Å². The number of carboxylic acid groups (broad SMARTS) is 1. The van der Waals surface area contributed by atoms with Gasteiger partial charge in [-0.15, -0.1) is 0 Å². The van der Waals surface area contributed by atoms with Crippen LogP contribution in [-0.2, 0) is 4.79 Å². The maximum Gasteiger partial charge on any atom is 0.341 e. The van der Waals surface area contributed by atoms with Crippen LogP contribution < -0.4 is 10.2 Å². The number of carbonyl (C=O) groups is 1. The largest absolute Gasteiger partial charge is 0.481 e. The molecule has 5 heteroatoms. The molecule has 0 spiro atoms. The Morgan fingerprint density at radius 2 is 1.85 bits per heavy atom. The first kappa shape index (κ1) is 12.2. The van der Waals surface area contributed by atoms with E-state index in [0.717, 1.165) is 0 Å². The smallest absolute Gasteiger partial charge is 0.341 e. The zero-order valence-corrected chi connectivity index (χ0v) is 10.3. The van der Waals surface area contributed by atoms with Gasteiger partial charge in [-0.25, -0.2) is 4.79 Å². The molecular formula is C15H10O5. The molecule has 3 aromatic rings. The first-order chi connectivity index (χ1) is 9.66. The van der Waals surface area contributed by atoms with Crippen LogP contribution in [0.25, 0.3) is 21.9 Å². The number of hydrogen-bond donors (Lipinski definition) is 1. The summed E-state index contributed by atoms with van der Waals surface area (Å²) < 4.78 is 10.8. The van der Waals surface area contributed by atoms with E-state index in [1.165, 1.54) is 0 Å². The van der Waals surface area contributed by atoms with Crippen molar-refractivity contribution in [2.24, 2.45) is 0 Å². The lowest BCUT2D eigenvalue weighted by Gasteiger charge is -2.07. The number of rotatable bonds is 3. The molecule has 0 bridgehead atoms. The van der Waals surface area contributed by atoms with Crippen LogP contribution in [0.2, 0.25) is 0 Å². The van der Waals surface area contributed by atoms with Crippen molar-refractivity contribution >= 4 is 27.9 Å². The second kappa shape index (κ2) is 4.70. The minimum Gasteiger partial charge on any atom is -0.481 e. The normalized spacial score (nSPS) is 10.8. The molecule has 0 saturated heterocycles. The van der Waals surface area contributed by atoms with E-state index in [1.54, 1.807) is 42.5 Å². The monoisotopic (exact) mass is 270 g/mol. The molecule has 5 nitrogen and oxygen atoms in total. The summed E-state index contributed by atoms with van der Waals surface area (Å²) >= 11 is 0. The van der Waals surface area contributed by atoms with Crippen molar-refractivity contribution < 1.29 is 19.1 Å². The lowest BCUT2D eigenvalue weighted by atomic mass is 10.1. The maximum absolute atomic E-state index is 12.5. The third-order valence-corrected chi connectivity index (χ3v) is 2.92. The number of aliphatic carboxylic acids is 1. The quantitative estimate of drug-likeness (QED) is 0.739. The summed E-state index contributed by atoms with van der Waals surface area (Å²) in [5.41, 5.74) is 0.625. The molecule has 0 radical (unpaired) electrons. The highest BCUT2D eigenvalue weighted by Crippen LogP contribution is 2.25. The Morgan fingerprint density at radius 1 is 1.10 bits per heavy atom. The molecule has 0 saturated carbocycles. The lowest BCUT2D eigenvalue weighted by molar-refractivity contribution is -0.139. The Kier molecular flexibility index (Phi) is 2.87. The number of carboxylic acids is 1. The van der Waals surface area contributed by atoms with Crippen molar-refractivity contribution in [2.75, 3.05) is 6.61 Å². The molecule has 1 N–H and O–H groups in total. The van der Waals surface area contributed by atoms with Gasteiger partial charge in [0.2, 0.25) is 5.43 Å². The van der Waals surface area contributed by atoms with Crippen LogP contribution in [0.3, 0.4) is 0 Å². The average molecular weight is 270 g/mol. The molecule has 0 unspecified atom stereocenters. The standard InChI is InChI=1S/C15H10O5/c16-13(17)8-19-11-6-3-7-12-14(11)15(18)9-4-1-2-5-10(9)20-12/h1-7H,8H2,(H,16,17). The van der Waals surface area contributed by atoms with Gasteiger partial charge in [-0.2, -0.15) is 0 Å². The molecule has 0 amide bonds. The molecular weight excluding hydrogens is 260 g/mol. The van der Waals surface area contributed by atoms with E-state index in [1.807, 2.05) is 0 Å². The fraction of sp³-hybridized carbons (Fsp3) is 0.0667. The zero-order chi connectivity index (χ0) is 14.1. The summed E-state index contributed by atoms with van der Waals surface area (Å²) in [5.74, 6) is -0.892. The van der Waals surface area contributed by atoms with Gasteiger partial charge in [0.05, 0.1) is 5.39 Å². The molecule has 0 aliphatic carbocycles. The van der Waals surface area contributed by atoms with E-state index in [-0.39, 0.29) is 16.6 Å². The Labute approximate surface area is 113 Å². The minimum absolute atomic E-state index is 0.212. The van der Waals surface area contributed by atoms with Crippen molar-refractivity contribution in [2.45, 2.75) is 0 Å². The first-order valence-corrected chi connectivity index (χ1v) is 5.96. The van der Waals surface area contributed by atoms with Gasteiger partial charge in [0.25, 0.3) is 0 Å². The Hall–Kier alpha value is -2.82. The number of fused-ring (bicyclic) bond motifs is 2. The Balaban J connectivity index is 2.30. The molecule has 0 atom stereocenters. The van der Waals surface area contributed by atoms with Gasteiger partial charge >= 0.3 is 5.97 Å². The molecule has 2 aromatic carbocycles. The second-order valence-electron chi connectivity index (χ2n) is 4.24. The van der Waals surface area contributed by atoms with Crippen LogP contribution >= 0.6 is 0 Å². The van der Waals surface area contributed by atoms with E-state index in [9.17, 15) is 9.59 Å². The molecule has 3 rings (SSSR count). The van der Waals surface area contributed by atoms with E-state index in [0.29, 0.717) is 16.6 Å². The SMILES string of the molecule is O=C(O)COc1cccc2oc3ccccc3c(=O)c12. The number of ether oxygens (including phenoxy) is 1. The van der Waals surface area contributed by atoms with Crippen molar-refractivity contribution in [1.82, 2.24) is 0 Å². The fourth-order valence-corrected chi connectivity index (χ4v) is 2.08. The predicted molar refractivity (Wildman–Crippen MR) is 73.1 cm³/mol. The number of hydrogen-bond acceptors (Lipinski definition) is 4. The Morgan fingerprint density at radius 3 is 2.65 bits per heavy atom. The van der Waals surface area contributed by atoms with Gasteiger partial charge < -0.3 is 14.3 Å². The summed E-state index contributed by atoms with van der Waals surface area (Å²) in [6.07, 6.45) is 0. The van der Waals surface area contributed by atoms with E-state index in [4.69, 9.17) is 14.3 Å². The summed E-state index contributed by atoms with van der Waals surface area (Å²) in [7, 11) is 0. The van der Waals surface area contributed by atoms with Gasteiger partial charge in [0.15, 0.2) is 6.61 Å². The van der Waals surface area contributed by atoms with Crippen molar-refractivity contribution in [1.29, 1.82) is 0 Å². The summed E-state index contributed by atoms with van der Waals surface area (Å²) in [5, 5.41) is 9.35. The predicted octanol–water partition coefficient (Wildman–Crippen LogP) is 2.41. The lowest BCUT2D eigenvalue weighted by Crippen LogP contribution is -2.11. The van der Waals surface area contributed by atoms with Crippen molar-refractivity contribution in [3.63, 3.8) is 0 Å². The van der Waals surface area contributed by atoms with Gasteiger partial charge in [-0.3, -0.25) is 4.79 Å². The number of para-hydroxylation sites is 1. The topological polar surface area (TPSA) is 76.7 Å². The second-order valence-corrected chi connectivity index (χ2v) is 4.24. The summed E-state index contributed by atoms with van der Waals surface area (Å²) in [6.45, 7) is -0.509. The van der Waals surface area contributed by atoms with Crippen LogP contribution in [0.1, 0.15) is 0 Å². The highest BCUT2D eigenvalue weighted by Gasteiger charge is 2.12. The van der Waals surface area contributed by atoms with E-state index >= 15 is 0 Å². The third-order valence-electron chi connectivity index (χ3n) is 2.92. The zero-order valence-electron chi connectivity index (χ0n) is 10.3. The minimum atomic E-state index is -1.10. The summed E-state index contributed by atoms with van der Waals surface area (Å²) in [4.78, 5) is 23.0. The van der Waals surface area contributed by atoms with Crippen LogP contribution in [0.4, 0.5) is 0 Å². The van der Waals surface area contributed by atoms with Gasteiger partial charge in [-0.1, -0.05) is 18.2 Å². The highest BCUT2D eigenvalue weighted by atomic mass is 16.5. The molecule has 1 heterocycles. The molecule has 0 aliphatic heterocycles. The molecule has 0 fully saturated rings. The number of benzene rings is 2. The third kappa shape index (κ3) is 1.99. The van der Waals surface area contributed by atoms with Crippen molar-refractivity contribution in [3.05, 3.63) is 52.7 Å². The van der Waals surface area contributed by atoms with Gasteiger partial charge in [0, 0.05) is 0 Å². The van der Waals surface area contributed by atoms with Crippen LogP contribution in [-0.4, -0.2) is 17.7 Å². The molecule has 0 aliphatic rings. The maximum atomic E-state index is 12.5. The molecule has 1 aromatic heterocycles. The fourth-order valence-electron chi connectivity index (χ4n) is 2.08. The first-order valence-electron chi connectivity index (χ1n) is 5.96. The summed E-state index contributed by atoms with van der Waals surface area (Å²) in [6, 6.07) is 11.7. The van der Waals surface area contributed by atoms with Gasteiger partial charge in [-0.05, 0) is 24.3 Å². The molecule has 20 heavy (non-hydrogen) atoms. The van der Waals surface area contributed by atoms with Crippen LogP contribution in [0.15, 0.2) is 51.7 Å². The van der Waals surface area contributed by atoms with Gasteiger partial charge in [0.1, 0.15) is 22.3 Å². The van der Waals surface area contributed by atoms with E-state index < -0.39 is 12.6 Å². The van der Waals surface area contributed by atoms with Crippen LogP contribution in [0, 0.1) is 0 Å². The van der Waals surface area contributed by atoms with Crippen LogP contribution in [0.5, 0.6) is 5.75 Å².